The number of likely N-dealkylation sites (tertiary alicyclic amines) is 2. The predicted molar refractivity (Wildman–Crippen MR) is 86.6 cm³/mol. The van der Waals surface area contributed by atoms with Gasteiger partial charge in [-0.05, 0) is 19.3 Å². The molecule has 1 spiro atoms. The molecule has 2 fully saturated rings. The lowest BCUT2D eigenvalue weighted by Gasteiger charge is -2.33. The van der Waals surface area contributed by atoms with Crippen molar-refractivity contribution in [3.05, 3.63) is 16.3 Å². The number of ether oxygens (including phenoxy) is 1. The summed E-state index contributed by atoms with van der Waals surface area (Å²) in [5.41, 5.74) is -0.767. The topological polar surface area (TPSA) is 101 Å². The summed E-state index contributed by atoms with van der Waals surface area (Å²) in [5.74, 6) is 0.625. The van der Waals surface area contributed by atoms with Crippen LogP contribution in [-0.4, -0.2) is 68.2 Å². The van der Waals surface area contributed by atoms with E-state index < -0.39 is 5.60 Å². The molecule has 0 aliphatic carbocycles. The van der Waals surface area contributed by atoms with Crippen molar-refractivity contribution in [2.24, 2.45) is 0 Å². The van der Waals surface area contributed by atoms with E-state index in [9.17, 15) is 14.4 Å². The van der Waals surface area contributed by atoms with Crippen LogP contribution in [0.3, 0.4) is 0 Å². The summed E-state index contributed by atoms with van der Waals surface area (Å²) >= 11 is 0. The molecule has 3 aliphatic rings. The van der Waals surface area contributed by atoms with Crippen LogP contribution in [-0.2, 0) is 27.5 Å². The first-order valence-electron chi connectivity index (χ1n) is 8.90. The van der Waals surface area contributed by atoms with Crippen LogP contribution in [0.15, 0.2) is 4.79 Å². The van der Waals surface area contributed by atoms with Crippen molar-refractivity contribution in [2.75, 3.05) is 26.2 Å². The minimum absolute atomic E-state index is 0.0407. The average Bonchev–Trinajstić information content (AvgIpc) is 3.11. The van der Waals surface area contributed by atoms with Gasteiger partial charge >= 0.3 is 5.69 Å². The molecule has 9 nitrogen and oxygen atoms in total. The first-order chi connectivity index (χ1) is 12.1. The molecule has 2 amide bonds. The van der Waals surface area contributed by atoms with Gasteiger partial charge in [-0.25, -0.2) is 9.89 Å². The van der Waals surface area contributed by atoms with Gasteiger partial charge in [0.15, 0.2) is 5.82 Å². The summed E-state index contributed by atoms with van der Waals surface area (Å²) in [6, 6.07) is 0. The molecule has 1 N–H and O–H groups in total. The van der Waals surface area contributed by atoms with Crippen molar-refractivity contribution in [1.82, 2.24) is 24.6 Å². The molecule has 0 bridgehead atoms. The molecule has 136 valence electrons. The van der Waals surface area contributed by atoms with Crippen molar-refractivity contribution < 1.29 is 14.3 Å². The van der Waals surface area contributed by atoms with E-state index in [1.165, 1.54) is 0 Å². The van der Waals surface area contributed by atoms with Crippen LogP contribution in [0.25, 0.3) is 0 Å². The molecule has 3 aliphatic heterocycles. The maximum Gasteiger partial charge on any atom is 0.343 e. The third kappa shape index (κ3) is 3.08. The molecular weight excluding hydrogens is 326 g/mol. The zero-order valence-corrected chi connectivity index (χ0v) is 14.2. The number of H-pyrrole nitrogens is 1. The van der Waals surface area contributed by atoms with E-state index in [0.29, 0.717) is 44.8 Å². The molecule has 0 aromatic carbocycles. The summed E-state index contributed by atoms with van der Waals surface area (Å²) in [4.78, 5) is 40.0. The number of hydrogen-bond acceptors (Lipinski definition) is 5. The Kier molecular flexibility index (Phi) is 4.10. The molecule has 9 heteroatoms. The van der Waals surface area contributed by atoms with Gasteiger partial charge in [0.25, 0.3) is 0 Å². The van der Waals surface area contributed by atoms with Crippen molar-refractivity contribution in [3.63, 3.8) is 0 Å². The van der Waals surface area contributed by atoms with Crippen molar-refractivity contribution in [3.8, 4) is 0 Å². The van der Waals surface area contributed by atoms with Gasteiger partial charge in [-0.15, -0.1) is 0 Å². The first kappa shape index (κ1) is 16.3. The van der Waals surface area contributed by atoms with Crippen LogP contribution >= 0.6 is 0 Å². The Balaban J connectivity index is 1.40. The highest BCUT2D eigenvalue weighted by Crippen LogP contribution is 2.31. The summed E-state index contributed by atoms with van der Waals surface area (Å²) in [5, 5.41) is 6.37. The second kappa shape index (κ2) is 6.29. The Bertz CT molecular complexity index is 741. The molecule has 4 heterocycles. The number of aromatic nitrogens is 3. The van der Waals surface area contributed by atoms with E-state index in [1.807, 2.05) is 0 Å². The van der Waals surface area contributed by atoms with Crippen LogP contribution in [0.4, 0.5) is 0 Å². The van der Waals surface area contributed by atoms with Gasteiger partial charge in [0, 0.05) is 19.5 Å². The number of carbonyl (C=O) groups excluding carboxylic acids is 2. The van der Waals surface area contributed by atoms with Gasteiger partial charge in [-0.2, -0.15) is 5.10 Å². The summed E-state index contributed by atoms with van der Waals surface area (Å²) < 4.78 is 7.55. The number of rotatable bonds is 2. The third-order valence-corrected chi connectivity index (χ3v) is 5.46. The van der Waals surface area contributed by atoms with Gasteiger partial charge in [0.2, 0.25) is 11.8 Å². The standard InChI is InChI=1S/C16H23N5O4/c22-13-4-2-1-3-6-19(13)8-14(23)20-7-5-16(10-20)11-21-12(9-25-16)17-18-15(21)24/h1-11H2,(H,18,24). The van der Waals surface area contributed by atoms with Crippen molar-refractivity contribution >= 4 is 11.8 Å². The molecule has 0 radical (unpaired) electrons. The second-order valence-electron chi connectivity index (χ2n) is 7.19. The first-order valence-corrected chi connectivity index (χ1v) is 8.90. The maximum atomic E-state index is 12.6. The molecule has 0 saturated carbocycles. The number of nitrogens with one attached hydrogen (secondary N) is 1. The number of carbonyl (C=O) groups is 2. The van der Waals surface area contributed by atoms with E-state index in [1.54, 1.807) is 14.4 Å². The summed E-state index contributed by atoms with van der Waals surface area (Å²) in [6.45, 7) is 2.52. The van der Waals surface area contributed by atoms with E-state index in [0.717, 1.165) is 19.3 Å². The maximum absolute atomic E-state index is 12.6. The smallest absolute Gasteiger partial charge is 0.343 e. The fraction of sp³-hybridized carbons (Fsp3) is 0.750. The molecule has 1 aromatic heterocycles. The molecule has 1 atom stereocenters. The van der Waals surface area contributed by atoms with E-state index in [-0.39, 0.29) is 30.7 Å². The number of amides is 2. The zero-order chi connectivity index (χ0) is 17.4. The lowest BCUT2D eigenvalue weighted by atomic mass is 10.0. The fourth-order valence-corrected chi connectivity index (χ4v) is 3.95. The third-order valence-electron chi connectivity index (χ3n) is 5.46. The highest BCUT2D eigenvalue weighted by Gasteiger charge is 2.44. The lowest BCUT2D eigenvalue weighted by Crippen LogP contribution is -2.48. The normalized spacial score (nSPS) is 26.8. The SMILES string of the molecule is O=C1CCCCCN1CC(=O)N1CCC2(C1)Cn1c(n[nH]c1=O)CO2. The highest BCUT2D eigenvalue weighted by atomic mass is 16.5. The van der Waals surface area contributed by atoms with Crippen LogP contribution in [0.1, 0.15) is 37.9 Å². The Morgan fingerprint density at radius 3 is 2.96 bits per heavy atom. The van der Waals surface area contributed by atoms with Gasteiger partial charge in [0.05, 0.1) is 19.6 Å². The van der Waals surface area contributed by atoms with Crippen molar-refractivity contribution in [1.29, 1.82) is 0 Å². The number of aromatic amines is 1. The van der Waals surface area contributed by atoms with Gasteiger partial charge in [-0.1, -0.05) is 6.42 Å². The van der Waals surface area contributed by atoms with Crippen LogP contribution < -0.4 is 5.69 Å². The minimum Gasteiger partial charge on any atom is -0.363 e. The van der Waals surface area contributed by atoms with Gasteiger partial charge < -0.3 is 14.5 Å². The molecule has 1 unspecified atom stereocenters. The van der Waals surface area contributed by atoms with Gasteiger partial charge in [0.1, 0.15) is 12.2 Å². The molecule has 2 saturated heterocycles. The number of fused-ring (bicyclic) bond motifs is 1. The van der Waals surface area contributed by atoms with E-state index in [2.05, 4.69) is 10.2 Å². The zero-order valence-electron chi connectivity index (χ0n) is 14.2. The van der Waals surface area contributed by atoms with Crippen LogP contribution in [0.2, 0.25) is 0 Å². The Labute approximate surface area is 144 Å². The molecule has 4 rings (SSSR count). The Morgan fingerprint density at radius 2 is 2.08 bits per heavy atom. The molecule has 25 heavy (non-hydrogen) atoms. The predicted octanol–water partition coefficient (Wildman–Crippen LogP) is -0.525. The number of hydrogen-bond donors (Lipinski definition) is 1. The fourth-order valence-electron chi connectivity index (χ4n) is 3.95. The minimum atomic E-state index is -0.529. The number of nitrogens with zero attached hydrogens (tertiary/aromatic N) is 4. The Hall–Kier alpha value is -2.16. The summed E-state index contributed by atoms with van der Waals surface area (Å²) in [6.07, 6.45) is 4.12. The average molecular weight is 349 g/mol. The van der Waals surface area contributed by atoms with Crippen LogP contribution in [0, 0.1) is 0 Å². The van der Waals surface area contributed by atoms with Gasteiger partial charge in [-0.3, -0.25) is 14.2 Å². The monoisotopic (exact) mass is 349 g/mol. The van der Waals surface area contributed by atoms with E-state index in [4.69, 9.17) is 4.74 Å². The lowest BCUT2D eigenvalue weighted by molar-refractivity contribution is -0.141. The van der Waals surface area contributed by atoms with Crippen LogP contribution in [0.5, 0.6) is 0 Å². The molecular formula is C16H23N5O4. The Morgan fingerprint density at radius 1 is 1.20 bits per heavy atom. The summed E-state index contributed by atoms with van der Waals surface area (Å²) in [7, 11) is 0. The quantitative estimate of drug-likeness (QED) is 0.774. The largest absolute Gasteiger partial charge is 0.363 e. The molecule has 1 aromatic rings. The second-order valence-corrected chi connectivity index (χ2v) is 7.19. The highest BCUT2D eigenvalue weighted by molar-refractivity contribution is 5.85. The van der Waals surface area contributed by atoms with Crippen molar-refractivity contribution in [2.45, 2.75) is 50.9 Å². The van der Waals surface area contributed by atoms with E-state index >= 15 is 0 Å².